The molecule has 200 valence electrons. The minimum absolute atomic E-state index is 0.0779. The van der Waals surface area contributed by atoms with E-state index in [4.69, 9.17) is 14.2 Å². The Bertz CT molecular complexity index is 1190. The van der Waals surface area contributed by atoms with Gasteiger partial charge in [-0.25, -0.2) is 0 Å². The molecular formula is C35H36O3S. The Morgan fingerprint density at radius 2 is 1.36 bits per heavy atom. The van der Waals surface area contributed by atoms with Crippen LogP contribution in [0.25, 0.3) is 0 Å². The molecule has 0 radical (unpaired) electrons. The van der Waals surface area contributed by atoms with E-state index in [1.807, 2.05) is 23.9 Å². The molecule has 1 heterocycles. The second-order valence-electron chi connectivity index (χ2n) is 9.66. The maximum atomic E-state index is 6.26. The molecule has 1 aliphatic rings. The van der Waals surface area contributed by atoms with Crippen LogP contribution in [0.4, 0.5) is 0 Å². The first-order chi connectivity index (χ1) is 19.3. The van der Waals surface area contributed by atoms with Crippen molar-refractivity contribution in [3.8, 4) is 5.75 Å². The molecule has 4 heteroatoms. The van der Waals surface area contributed by atoms with Crippen LogP contribution in [0.1, 0.15) is 35.1 Å². The van der Waals surface area contributed by atoms with E-state index in [0.717, 1.165) is 30.8 Å². The van der Waals surface area contributed by atoms with Crippen LogP contribution >= 0.6 is 11.8 Å². The average Bonchev–Trinajstić information content (AvgIpc) is 3.01. The van der Waals surface area contributed by atoms with Crippen molar-refractivity contribution in [3.63, 3.8) is 0 Å². The summed E-state index contributed by atoms with van der Waals surface area (Å²) in [5, 5.41) is 0. The van der Waals surface area contributed by atoms with Gasteiger partial charge in [-0.05, 0) is 46.6 Å². The summed E-state index contributed by atoms with van der Waals surface area (Å²) in [7, 11) is 1.68. The van der Waals surface area contributed by atoms with E-state index >= 15 is 0 Å². The van der Waals surface area contributed by atoms with Gasteiger partial charge in [0.15, 0.2) is 6.29 Å². The Hall–Kier alpha value is -3.31. The number of ether oxygens (including phenoxy) is 3. The Morgan fingerprint density at radius 3 is 1.90 bits per heavy atom. The molecule has 0 amide bonds. The van der Waals surface area contributed by atoms with Crippen molar-refractivity contribution in [2.75, 3.05) is 19.5 Å². The van der Waals surface area contributed by atoms with E-state index in [1.165, 1.54) is 22.3 Å². The Morgan fingerprint density at radius 1 is 0.795 bits per heavy atom. The number of thioether (sulfide) groups is 1. The summed E-state index contributed by atoms with van der Waals surface area (Å²) in [5.41, 5.74) is 5.07. The lowest BCUT2D eigenvalue weighted by molar-refractivity contribution is -0.198. The van der Waals surface area contributed by atoms with Crippen LogP contribution < -0.4 is 4.74 Å². The molecule has 39 heavy (non-hydrogen) atoms. The molecule has 0 spiro atoms. The SMILES string of the molecule is COc1ccc(C[C@@H]2OCCC(/C=C/CCSC(c3ccccc3)(c3ccccc3)c3ccccc3)O2)cc1. The fourth-order valence-electron chi connectivity index (χ4n) is 5.12. The van der Waals surface area contributed by atoms with Crippen LogP contribution in [0.15, 0.2) is 127 Å². The van der Waals surface area contributed by atoms with E-state index in [9.17, 15) is 0 Å². The Kier molecular flexibility index (Phi) is 9.55. The highest BCUT2D eigenvalue weighted by atomic mass is 32.2. The summed E-state index contributed by atoms with van der Waals surface area (Å²) in [4.78, 5) is 0. The first-order valence-corrected chi connectivity index (χ1v) is 14.6. The second-order valence-corrected chi connectivity index (χ2v) is 11.0. The number of allylic oxidation sites excluding steroid dienone is 1. The predicted molar refractivity (Wildman–Crippen MR) is 161 cm³/mol. The van der Waals surface area contributed by atoms with E-state index in [1.54, 1.807) is 7.11 Å². The lowest BCUT2D eigenvalue weighted by Gasteiger charge is -2.35. The minimum Gasteiger partial charge on any atom is -0.497 e. The molecule has 1 aliphatic heterocycles. The summed E-state index contributed by atoms with van der Waals surface area (Å²) in [6.45, 7) is 0.712. The summed E-state index contributed by atoms with van der Waals surface area (Å²) in [6, 6.07) is 40.7. The molecule has 0 aromatic heterocycles. The highest BCUT2D eigenvalue weighted by Gasteiger charge is 2.36. The van der Waals surface area contributed by atoms with Crippen LogP contribution in [0.5, 0.6) is 5.75 Å². The van der Waals surface area contributed by atoms with Gasteiger partial charge in [0.2, 0.25) is 0 Å². The fourth-order valence-corrected chi connectivity index (χ4v) is 6.59. The van der Waals surface area contributed by atoms with E-state index in [0.29, 0.717) is 6.61 Å². The molecule has 2 atom stereocenters. The molecule has 4 aromatic carbocycles. The van der Waals surface area contributed by atoms with Crippen molar-refractivity contribution < 1.29 is 14.2 Å². The number of benzene rings is 4. The summed E-state index contributed by atoms with van der Waals surface area (Å²) < 4.78 is 17.1. The monoisotopic (exact) mass is 536 g/mol. The van der Waals surface area contributed by atoms with Crippen molar-refractivity contribution in [1.82, 2.24) is 0 Å². The van der Waals surface area contributed by atoms with E-state index in [2.05, 4.69) is 115 Å². The van der Waals surface area contributed by atoms with E-state index < -0.39 is 0 Å². The zero-order valence-electron chi connectivity index (χ0n) is 22.4. The lowest BCUT2D eigenvalue weighted by atomic mass is 9.84. The molecule has 1 unspecified atom stereocenters. The van der Waals surface area contributed by atoms with Crippen LogP contribution in [0.2, 0.25) is 0 Å². The van der Waals surface area contributed by atoms with Gasteiger partial charge in [-0.1, -0.05) is 115 Å². The number of methoxy groups -OCH3 is 1. The van der Waals surface area contributed by atoms with Gasteiger partial charge in [-0.3, -0.25) is 0 Å². The summed E-state index contributed by atoms with van der Waals surface area (Å²) in [6.07, 6.45) is 6.93. The zero-order chi connectivity index (χ0) is 26.8. The highest BCUT2D eigenvalue weighted by molar-refractivity contribution is 8.00. The van der Waals surface area contributed by atoms with Gasteiger partial charge in [0, 0.05) is 12.8 Å². The normalized spacial score (nSPS) is 17.8. The molecule has 1 saturated heterocycles. The van der Waals surface area contributed by atoms with Gasteiger partial charge < -0.3 is 14.2 Å². The predicted octanol–water partition coefficient (Wildman–Crippen LogP) is 8.04. The van der Waals surface area contributed by atoms with Crippen molar-refractivity contribution >= 4 is 11.8 Å². The zero-order valence-corrected chi connectivity index (χ0v) is 23.3. The lowest BCUT2D eigenvalue weighted by Crippen LogP contribution is -2.32. The topological polar surface area (TPSA) is 27.7 Å². The molecule has 0 N–H and O–H groups in total. The highest BCUT2D eigenvalue weighted by Crippen LogP contribution is 2.48. The van der Waals surface area contributed by atoms with Crippen molar-refractivity contribution in [2.45, 2.75) is 36.4 Å². The summed E-state index contributed by atoms with van der Waals surface area (Å²) >= 11 is 1.99. The Labute approximate surface area is 236 Å². The molecule has 0 bridgehead atoms. The number of rotatable bonds is 11. The van der Waals surface area contributed by atoms with Gasteiger partial charge in [0.25, 0.3) is 0 Å². The second kappa shape index (κ2) is 13.7. The van der Waals surface area contributed by atoms with Gasteiger partial charge >= 0.3 is 0 Å². The molecular weight excluding hydrogens is 500 g/mol. The maximum absolute atomic E-state index is 6.26. The quantitative estimate of drug-likeness (QED) is 0.110. The average molecular weight is 537 g/mol. The standard InChI is InChI=1S/C35H36O3S/c1-36-32-22-20-28(21-23-32)27-34-37-25-24-33(38-34)19-11-12-26-39-35(29-13-5-2-6-14-29,30-15-7-3-8-16-30)31-17-9-4-10-18-31/h2-11,13-23,33-34H,12,24-27H2,1H3/b19-11+/t33?,34-/m1/s1. The molecule has 5 rings (SSSR count). The van der Waals surface area contributed by atoms with Gasteiger partial charge in [0.05, 0.1) is 24.6 Å². The third kappa shape index (κ3) is 6.83. The smallest absolute Gasteiger partial charge is 0.162 e. The summed E-state index contributed by atoms with van der Waals surface area (Å²) in [5.74, 6) is 1.84. The first-order valence-electron chi connectivity index (χ1n) is 13.6. The minimum atomic E-state index is -0.281. The number of hydrogen-bond donors (Lipinski definition) is 0. The third-order valence-electron chi connectivity index (χ3n) is 7.09. The van der Waals surface area contributed by atoms with Crippen molar-refractivity contribution in [3.05, 3.63) is 150 Å². The van der Waals surface area contributed by atoms with Crippen LogP contribution in [0.3, 0.4) is 0 Å². The first kappa shape index (κ1) is 27.3. The van der Waals surface area contributed by atoms with Crippen LogP contribution in [-0.4, -0.2) is 31.9 Å². The fraction of sp³-hybridized carbons (Fsp3) is 0.257. The molecule has 4 aromatic rings. The Balaban J connectivity index is 1.25. The van der Waals surface area contributed by atoms with Gasteiger partial charge in [-0.15, -0.1) is 11.8 Å². The largest absolute Gasteiger partial charge is 0.497 e. The van der Waals surface area contributed by atoms with Crippen molar-refractivity contribution in [1.29, 1.82) is 0 Å². The van der Waals surface area contributed by atoms with E-state index in [-0.39, 0.29) is 17.1 Å². The molecule has 0 aliphatic carbocycles. The molecule has 3 nitrogen and oxygen atoms in total. The van der Waals surface area contributed by atoms with Gasteiger partial charge in [0.1, 0.15) is 5.75 Å². The molecule has 1 fully saturated rings. The third-order valence-corrected chi connectivity index (χ3v) is 8.67. The van der Waals surface area contributed by atoms with Crippen molar-refractivity contribution in [2.24, 2.45) is 0 Å². The maximum Gasteiger partial charge on any atom is 0.162 e. The molecule has 0 saturated carbocycles. The van der Waals surface area contributed by atoms with Gasteiger partial charge in [-0.2, -0.15) is 0 Å². The van der Waals surface area contributed by atoms with Crippen LogP contribution in [-0.2, 0) is 20.6 Å². The number of hydrogen-bond acceptors (Lipinski definition) is 4. The van der Waals surface area contributed by atoms with Crippen LogP contribution in [0, 0.1) is 0 Å².